The van der Waals surface area contributed by atoms with Gasteiger partial charge in [0.1, 0.15) is 6.29 Å². The van der Waals surface area contributed by atoms with Gasteiger partial charge in [0.25, 0.3) is 0 Å². The first-order chi connectivity index (χ1) is 10.0. The molecule has 112 valence electrons. The van der Waals surface area contributed by atoms with E-state index in [9.17, 15) is 0 Å². The number of nitrogens with one attached hydrogen (secondary N) is 2. The fourth-order valence-electron chi connectivity index (χ4n) is 2.00. The number of hydrogen-bond donors (Lipinski definition) is 3. The number of hydrogen-bond acceptors (Lipinski definition) is 5. The van der Waals surface area contributed by atoms with Crippen LogP contribution in [0.3, 0.4) is 0 Å². The van der Waals surface area contributed by atoms with Gasteiger partial charge in [0.2, 0.25) is 5.95 Å². The van der Waals surface area contributed by atoms with Crippen LogP contribution in [0.4, 0.5) is 5.95 Å². The fraction of sp³-hybridized carbons (Fsp3) is 0.333. The lowest BCUT2D eigenvalue weighted by molar-refractivity contribution is 0.576. The Labute approximate surface area is 133 Å². The molecule has 2 aromatic rings. The van der Waals surface area contributed by atoms with E-state index in [1.165, 1.54) is 5.56 Å². The van der Waals surface area contributed by atoms with Gasteiger partial charge in [-0.1, -0.05) is 28.1 Å². The Morgan fingerprint density at radius 3 is 2.38 bits per heavy atom. The van der Waals surface area contributed by atoms with Crippen LogP contribution in [0.25, 0.3) is 0 Å². The molecule has 6 heteroatoms. The minimum Gasteiger partial charge on any atom is -0.326 e. The molecule has 5 nitrogen and oxygen atoms in total. The molecular weight excluding hydrogens is 330 g/mol. The third kappa shape index (κ3) is 5.41. The zero-order valence-corrected chi connectivity index (χ0v) is 13.8. The summed E-state index contributed by atoms with van der Waals surface area (Å²) in [6, 6.07) is 10.2. The van der Waals surface area contributed by atoms with E-state index in [-0.39, 0.29) is 6.29 Å². The number of halogens is 1. The normalized spacial score (nSPS) is 12.2. The smallest absolute Gasteiger partial charge is 0.225 e. The van der Waals surface area contributed by atoms with Crippen LogP contribution in [0, 0.1) is 13.8 Å². The molecule has 1 unspecified atom stereocenters. The Bertz CT molecular complexity index is 565. The molecule has 0 aliphatic carbocycles. The monoisotopic (exact) mass is 349 g/mol. The van der Waals surface area contributed by atoms with Crippen molar-refractivity contribution in [3.63, 3.8) is 0 Å². The quantitative estimate of drug-likeness (QED) is 0.698. The number of nitrogens with two attached hydrogens (primary N) is 1. The summed E-state index contributed by atoms with van der Waals surface area (Å²) in [6.07, 6.45) is 0.540. The fourth-order valence-corrected chi connectivity index (χ4v) is 2.27. The van der Waals surface area contributed by atoms with Crippen molar-refractivity contribution in [3.05, 3.63) is 51.8 Å². The van der Waals surface area contributed by atoms with Gasteiger partial charge in [0.15, 0.2) is 0 Å². The van der Waals surface area contributed by atoms with Crippen LogP contribution >= 0.6 is 15.9 Å². The molecule has 1 aromatic carbocycles. The van der Waals surface area contributed by atoms with E-state index in [4.69, 9.17) is 5.73 Å². The maximum atomic E-state index is 5.98. The lowest BCUT2D eigenvalue weighted by Gasteiger charge is -2.16. The second-order valence-corrected chi connectivity index (χ2v) is 5.84. The summed E-state index contributed by atoms with van der Waals surface area (Å²) in [6.45, 7) is 4.65. The summed E-state index contributed by atoms with van der Waals surface area (Å²) < 4.78 is 1.09. The van der Waals surface area contributed by atoms with Crippen LogP contribution in [0.2, 0.25) is 0 Å². The number of aromatic nitrogens is 2. The van der Waals surface area contributed by atoms with Crippen LogP contribution in [0.5, 0.6) is 0 Å². The number of anilines is 1. The van der Waals surface area contributed by atoms with Crippen LogP contribution < -0.4 is 16.4 Å². The van der Waals surface area contributed by atoms with E-state index in [2.05, 4.69) is 48.7 Å². The highest BCUT2D eigenvalue weighted by molar-refractivity contribution is 9.10. The van der Waals surface area contributed by atoms with Crippen LogP contribution in [-0.4, -0.2) is 22.8 Å². The second-order valence-electron chi connectivity index (χ2n) is 4.93. The molecule has 0 aliphatic heterocycles. The topological polar surface area (TPSA) is 75.9 Å². The zero-order valence-electron chi connectivity index (χ0n) is 12.2. The highest BCUT2D eigenvalue weighted by Crippen LogP contribution is 2.10. The van der Waals surface area contributed by atoms with Crippen molar-refractivity contribution in [2.75, 3.05) is 11.9 Å². The van der Waals surface area contributed by atoms with E-state index in [0.717, 1.165) is 28.8 Å². The summed E-state index contributed by atoms with van der Waals surface area (Å²) in [7, 11) is 0. The van der Waals surface area contributed by atoms with Crippen molar-refractivity contribution in [3.8, 4) is 0 Å². The summed E-state index contributed by atoms with van der Waals surface area (Å²) in [5.41, 5.74) is 9.10. The Balaban J connectivity index is 1.79. The molecule has 0 spiro atoms. The molecule has 0 amide bonds. The van der Waals surface area contributed by atoms with Crippen molar-refractivity contribution in [1.29, 1.82) is 0 Å². The molecular formula is C15H20BrN5. The second kappa shape index (κ2) is 7.49. The van der Waals surface area contributed by atoms with E-state index in [1.54, 1.807) is 0 Å². The molecule has 1 atom stereocenters. The first-order valence-electron chi connectivity index (χ1n) is 6.85. The first kappa shape index (κ1) is 15.9. The molecule has 1 heterocycles. The lowest BCUT2D eigenvalue weighted by atomic mass is 10.1. The van der Waals surface area contributed by atoms with Gasteiger partial charge in [-0.3, -0.25) is 11.1 Å². The van der Waals surface area contributed by atoms with Gasteiger partial charge >= 0.3 is 0 Å². The number of aryl methyl sites for hydroxylation is 2. The largest absolute Gasteiger partial charge is 0.326 e. The third-order valence-corrected chi connectivity index (χ3v) is 3.49. The van der Waals surface area contributed by atoms with E-state index < -0.39 is 0 Å². The SMILES string of the molecule is Cc1cc(C)nc(NC(N)NCCc2ccc(Br)cc2)n1. The van der Waals surface area contributed by atoms with Gasteiger partial charge in [0.05, 0.1) is 0 Å². The average Bonchev–Trinajstić information content (AvgIpc) is 2.39. The maximum absolute atomic E-state index is 5.98. The molecule has 0 fully saturated rings. The van der Waals surface area contributed by atoms with Crippen molar-refractivity contribution in [2.24, 2.45) is 5.73 Å². The highest BCUT2D eigenvalue weighted by Gasteiger charge is 2.04. The predicted molar refractivity (Wildman–Crippen MR) is 89.0 cm³/mol. The van der Waals surface area contributed by atoms with Crippen LogP contribution in [0.1, 0.15) is 17.0 Å². The van der Waals surface area contributed by atoms with E-state index >= 15 is 0 Å². The van der Waals surface area contributed by atoms with Gasteiger partial charge in [-0.25, -0.2) is 9.97 Å². The summed E-state index contributed by atoms with van der Waals surface area (Å²) >= 11 is 3.43. The van der Waals surface area contributed by atoms with Gasteiger partial charge < -0.3 is 5.32 Å². The van der Waals surface area contributed by atoms with E-state index in [0.29, 0.717) is 5.95 Å². The standard InChI is InChI=1S/C15H20BrN5/c1-10-9-11(2)20-15(19-10)21-14(17)18-8-7-12-3-5-13(16)6-4-12/h3-6,9,14,18H,7-8,17H2,1-2H3,(H,19,20,21). The average molecular weight is 350 g/mol. The van der Waals surface area contributed by atoms with Crippen LogP contribution in [0.15, 0.2) is 34.8 Å². The third-order valence-electron chi connectivity index (χ3n) is 2.96. The molecule has 21 heavy (non-hydrogen) atoms. The van der Waals surface area contributed by atoms with Gasteiger partial charge in [-0.15, -0.1) is 0 Å². The van der Waals surface area contributed by atoms with Crippen molar-refractivity contribution < 1.29 is 0 Å². The number of rotatable bonds is 6. The Hall–Kier alpha value is -1.50. The first-order valence-corrected chi connectivity index (χ1v) is 7.64. The molecule has 0 radical (unpaired) electrons. The number of benzene rings is 1. The number of nitrogens with zero attached hydrogens (tertiary/aromatic N) is 2. The van der Waals surface area contributed by atoms with Crippen molar-refractivity contribution in [2.45, 2.75) is 26.6 Å². The summed E-state index contributed by atoms with van der Waals surface area (Å²) in [5, 5.41) is 6.26. The van der Waals surface area contributed by atoms with Crippen molar-refractivity contribution >= 4 is 21.9 Å². The van der Waals surface area contributed by atoms with Gasteiger partial charge in [0, 0.05) is 22.4 Å². The van der Waals surface area contributed by atoms with Crippen LogP contribution in [-0.2, 0) is 6.42 Å². The van der Waals surface area contributed by atoms with Crippen molar-refractivity contribution in [1.82, 2.24) is 15.3 Å². The zero-order chi connectivity index (χ0) is 15.2. The van der Waals surface area contributed by atoms with Gasteiger partial charge in [-0.2, -0.15) is 0 Å². The molecule has 0 aliphatic rings. The minimum atomic E-state index is -0.373. The molecule has 4 N–H and O–H groups in total. The molecule has 2 rings (SSSR count). The molecule has 0 saturated carbocycles. The maximum Gasteiger partial charge on any atom is 0.225 e. The van der Waals surface area contributed by atoms with Gasteiger partial charge in [-0.05, 0) is 44.0 Å². The molecule has 0 bridgehead atoms. The minimum absolute atomic E-state index is 0.373. The predicted octanol–water partition coefficient (Wildman–Crippen LogP) is 2.34. The highest BCUT2D eigenvalue weighted by atomic mass is 79.9. The van der Waals surface area contributed by atoms with E-state index in [1.807, 2.05) is 32.0 Å². The Kier molecular flexibility index (Phi) is 5.67. The Morgan fingerprint density at radius 1 is 1.14 bits per heavy atom. The molecule has 1 aromatic heterocycles. The summed E-state index contributed by atoms with van der Waals surface area (Å²) in [5.74, 6) is 0.552. The lowest BCUT2D eigenvalue weighted by Crippen LogP contribution is -2.45. The summed E-state index contributed by atoms with van der Waals surface area (Å²) in [4.78, 5) is 8.61. The Morgan fingerprint density at radius 2 is 1.76 bits per heavy atom. The molecule has 0 saturated heterocycles.